The van der Waals surface area contributed by atoms with E-state index < -0.39 is 6.04 Å². The molecule has 7 heteroatoms. The van der Waals surface area contributed by atoms with Gasteiger partial charge in [0.1, 0.15) is 0 Å². The van der Waals surface area contributed by atoms with Crippen molar-refractivity contribution in [2.75, 3.05) is 31.4 Å². The van der Waals surface area contributed by atoms with Crippen molar-refractivity contribution in [2.45, 2.75) is 24.6 Å². The summed E-state index contributed by atoms with van der Waals surface area (Å²) in [5.41, 5.74) is 7.83. The van der Waals surface area contributed by atoms with Gasteiger partial charge in [-0.05, 0) is 36.5 Å². The summed E-state index contributed by atoms with van der Waals surface area (Å²) >= 11 is 1.47. The number of nitrogens with two attached hydrogens (primary N) is 1. The lowest BCUT2D eigenvalue weighted by Gasteiger charge is -2.26. The van der Waals surface area contributed by atoms with Crippen molar-refractivity contribution in [3.8, 4) is 0 Å². The van der Waals surface area contributed by atoms with Crippen molar-refractivity contribution in [2.24, 2.45) is 11.7 Å². The fraction of sp³-hybridized carbons (Fsp3) is 0.529. The van der Waals surface area contributed by atoms with E-state index in [0.717, 1.165) is 24.1 Å². The second-order valence-corrected chi connectivity index (χ2v) is 6.72. The van der Waals surface area contributed by atoms with Gasteiger partial charge in [-0.15, -0.1) is 11.8 Å². The molecule has 1 aliphatic heterocycles. The van der Waals surface area contributed by atoms with Crippen LogP contribution in [-0.2, 0) is 24.8 Å². The van der Waals surface area contributed by atoms with Gasteiger partial charge in [-0.25, -0.2) is 0 Å². The summed E-state index contributed by atoms with van der Waals surface area (Å²) in [7, 11) is 1.38. The van der Waals surface area contributed by atoms with Crippen LogP contribution >= 0.6 is 11.8 Å². The molecule has 0 saturated carbocycles. The molecule has 0 aliphatic carbocycles. The highest BCUT2D eigenvalue weighted by Crippen LogP contribution is 2.20. The average Bonchev–Trinajstić information content (AvgIpc) is 2.62. The van der Waals surface area contributed by atoms with E-state index in [9.17, 15) is 9.59 Å². The molecular weight excluding hydrogens is 328 g/mol. The summed E-state index contributed by atoms with van der Waals surface area (Å²) in [4.78, 5) is 23.4. The number of benzene rings is 1. The molecule has 132 valence electrons. The highest BCUT2D eigenvalue weighted by Gasteiger charge is 2.26. The maximum atomic E-state index is 12.3. The number of rotatable bonds is 7. The Morgan fingerprint density at radius 2 is 2.17 bits per heavy atom. The fourth-order valence-electron chi connectivity index (χ4n) is 2.56. The Hall–Kier alpha value is -1.57. The lowest BCUT2D eigenvalue weighted by Crippen LogP contribution is -2.44. The van der Waals surface area contributed by atoms with Gasteiger partial charge in [0.15, 0.2) is 0 Å². The van der Waals surface area contributed by atoms with E-state index in [1.165, 1.54) is 18.9 Å². The molecule has 1 saturated heterocycles. The number of methoxy groups -OCH3 is 1. The van der Waals surface area contributed by atoms with Gasteiger partial charge < -0.3 is 20.5 Å². The second kappa shape index (κ2) is 9.66. The van der Waals surface area contributed by atoms with Crippen LogP contribution in [0.5, 0.6) is 0 Å². The minimum atomic E-state index is -0.522. The van der Waals surface area contributed by atoms with Crippen molar-refractivity contribution >= 4 is 29.3 Å². The van der Waals surface area contributed by atoms with E-state index >= 15 is 0 Å². The van der Waals surface area contributed by atoms with E-state index in [0.29, 0.717) is 24.7 Å². The summed E-state index contributed by atoms with van der Waals surface area (Å²) in [6.07, 6.45) is 1.64. The van der Waals surface area contributed by atoms with Crippen LogP contribution in [0.3, 0.4) is 0 Å². The number of ether oxygens (including phenoxy) is 2. The lowest BCUT2D eigenvalue weighted by molar-refractivity contribution is -0.137. The molecular formula is C17H24N2O4S. The van der Waals surface area contributed by atoms with Crippen LogP contribution in [0.15, 0.2) is 24.3 Å². The predicted octanol–water partition coefficient (Wildman–Crippen LogP) is 1.79. The molecule has 1 aromatic rings. The average molecular weight is 352 g/mol. The van der Waals surface area contributed by atoms with Crippen molar-refractivity contribution in [3.05, 3.63) is 29.8 Å². The quantitative estimate of drug-likeness (QED) is 0.727. The van der Waals surface area contributed by atoms with Gasteiger partial charge in [-0.1, -0.05) is 12.1 Å². The Kier molecular flexibility index (Phi) is 7.55. The SMILES string of the molecule is COC(=O)CSCc1cccc(NC(=O)C(N)C2CCOCC2)c1. The van der Waals surface area contributed by atoms with Gasteiger partial charge >= 0.3 is 5.97 Å². The van der Waals surface area contributed by atoms with Gasteiger partial charge in [0.05, 0.1) is 18.9 Å². The van der Waals surface area contributed by atoms with Gasteiger partial charge in [0, 0.05) is 24.7 Å². The van der Waals surface area contributed by atoms with Gasteiger partial charge in [0.2, 0.25) is 5.91 Å². The Balaban J connectivity index is 1.86. The number of nitrogens with one attached hydrogen (secondary N) is 1. The van der Waals surface area contributed by atoms with Crippen LogP contribution in [0.4, 0.5) is 5.69 Å². The molecule has 1 aliphatic rings. The van der Waals surface area contributed by atoms with Crippen molar-refractivity contribution < 1.29 is 19.1 Å². The zero-order valence-corrected chi connectivity index (χ0v) is 14.6. The largest absolute Gasteiger partial charge is 0.468 e. The highest BCUT2D eigenvalue weighted by molar-refractivity contribution is 7.99. The van der Waals surface area contributed by atoms with Crippen LogP contribution in [0.25, 0.3) is 0 Å². The Morgan fingerprint density at radius 1 is 1.42 bits per heavy atom. The Labute approximate surface area is 146 Å². The maximum absolute atomic E-state index is 12.3. The van der Waals surface area contributed by atoms with Gasteiger partial charge in [-0.3, -0.25) is 9.59 Å². The minimum absolute atomic E-state index is 0.164. The number of amides is 1. The van der Waals surface area contributed by atoms with Crippen LogP contribution in [0.1, 0.15) is 18.4 Å². The van der Waals surface area contributed by atoms with Crippen LogP contribution in [0.2, 0.25) is 0 Å². The van der Waals surface area contributed by atoms with E-state index in [1.807, 2.05) is 24.3 Å². The summed E-state index contributed by atoms with van der Waals surface area (Å²) in [5.74, 6) is 0.734. The maximum Gasteiger partial charge on any atom is 0.315 e. The standard InChI is InChI=1S/C17H24N2O4S/c1-22-15(20)11-24-10-12-3-2-4-14(9-12)19-17(21)16(18)13-5-7-23-8-6-13/h2-4,9,13,16H,5-8,10-11,18H2,1H3,(H,19,21). The molecule has 1 fully saturated rings. The predicted molar refractivity (Wildman–Crippen MR) is 94.8 cm³/mol. The molecule has 0 bridgehead atoms. The van der Waals surface area contributed by atoms with Gasteiger partial charge in [0.25, 0.3) is 0 Å². The first kappa shape index (κ1) is 18.8. The lowest BCUT2D eigenvalue weighted by atomic mass is 9.92. The number of hydrogen-bond donors (Lipinski definition) is 2. The smallest absolute Gasteiger partial charge is 0.315 e. The molecule has 0 aromatic heterocycles. The summed E-state index contributed by atoms with van der Waals surface area (Å²) in [5, 5.41) is 2.88. The molecule has 1 aromatic carbocycles. The molecule has 1 unspecified atom stereocenters. The van der Waals surface area contributed by atoms with E-state index in [1.54, 1.807) is 0 Å². The zero-order valence-electron chi connectivity index (χ0n) is 13.8. The van der Waals surface area contributed by atoms with Crippen LogP contribution < -0.4 is 11.1 Å². The molecule has 1 amide bonds. The molecule has 3 N–H and O–H groups in total. The number of carbonyl (C=O) groups excluding carboxylic acids is 2. The van der Waals surface area contributed by atoms with E-state index in [4.69, 9.17) is 10.5 Å². The van der Waals surface area contributed by atoms with Gasteiger partial charge in [-0.2, -0.15) is 0 Å². The highest BCUT2D eigenvalue weighted by atomic mass is 32.2. The third kappa shape index (κ3) is 5.81. The number of esters is 1. The number of anilines is 1. The monoisotopic (exact) mass is 352 g/mol. The molecule has 1 atom stereocenters. The van der Waals surface area contributed by atoms with E-state index in [-0.39, 0.29) is 17.8 Å². The zero-order chi connectivity index (χ0) is 17.4. The van der Waals surface area contributed by atoms with Crippen molar-refractivity contribution in [1.82, 2.24) is 0 Å². The summed E-state index contributed by atoms with van der Waals surface area (Å²) < 4.78 is 9.91. The van der Waals surface area contributed by atoms with E-state index in [2.05, 4.69) is 10.1 Å². The van der Waals surface area contributed by atoms with Crippen molar-refractivity contribution in [1.29, 1.82) is 0 Å². The minimum Gasteiger partial charge on any atom is -0.468 e. The third-order valence-corrected chi connectivity index (χ3v) is 4.96. The first-order valence-corrected chi connectivity index (χ1v) is 9.13. The Morgan fingerprint density at radius 3 is 2.88 bits per heavy atom. The first-order chi connectivity index (χ1) is 11.6. The summed E-state index contributed by atoms with van der Waals surface area (Å²) in [6, 6.07) is 7.05. The molecule has 0 radical (unpaired) electrons. The van der Waals surface area contributed by atoms with Crippen LogP contribution in [-0.4, -0.2) is 44.0 Å². The summed E-state index contributed by atoms with van der Waals surface area (Å²) in [6.45, 7) is 1.33. The number of carbonyl (C=O) groups is 2. The molecule has 2 rings (SSSR count). The fourth-order valence-corrected chi connectivity index (χ4v) is 3.37. The van der Waals surface area contributed by atoms with Crippen molar-refractivity contribution in [3.63, 3.8) is 0 Å². The third-order valence-electron chi connectivity index (χ3n) is 3.99. The first-order valence-electron chi connectivity index (χ1n) is 7.98. The molecule has 0 spiro atoms. The van der Waals surface area contributed by atoms with Crippen LogP contribution in [0, 0.1) is 5.92 Å². The second-order valence-electron chi connectivity index (χ2n) is 5.73. The Bertz CT molecular complexity index is 561. The normalized spacial score (nSPS) is 16.4. The topological polar surface area (TPSA) is 90.7 Å². The number of hydrogen-bond acceptors (Lipinski definition) is 6. The number of thioether (sulfide) groups is 1. The molecule has 1 heterocycles. The molecule has 6 nitrogen and oxygen atoms in total. The molecule has 24 heavy (non-hydrogen) atoms.